The molecule has 23 heavy (non-hydrogen) atoms. The first-order chi connectivity index (χ1) is 11.0. The summed E-state index contributed by atoms with van der Waals surface area (Å²) in [7, 11) is 1.56. The molecule has 0 aliphatic heterocycles. The number of rotatable bonds is 5. The van der Waals surface area contributed by atoms with Crippen molar-refractivity contribution in [3.05, 3.63) is 68.7 Å². The minimum absolute atomic E-state index is 0.0206. The van der Waals surface area contributed by atoms with Crippen LogP contribution < -0.4 is 10.2 Å². The number of ether oxygens (including phenoxy) is 1. The zero-order valence-corrected chi connectivity index (χ0v) is 12.8. The Morgan fingerprint density at radius 3 is 2.61 bits per heavy atom. The van der Waals surface area contributed by atoms with Crippen molar-refractivity contribution in [3.63, 3.8) is 0 Å². The standard InChI is InChI=1S/C15H12ClN3O4/c1-23-12-5-2-10(3-6-12)9-17-18-15(20)13-8-11(19(21)22)4-7-14(13)16/h2-9H,1H3,(H,18,20)/b17-9+. The number of hydrazone groups is 1. The molecule has 2 aromatic rings. The van der Waals surface area contributed by atoms with Gasteiger partial charge in [-0.1, -0.05) is 11.6 Å². The van der Waals surface area contributed by atoms with Crippen LogP contribution in [0.5, 0.6) is 5.75 Å². The number of carbonyl (C=O) groups is 1. The molecule has 0 spiro atoms. The van der Waals surface area contributed by atoms with E-state index in [1.807, 2.05) is 0 Å². The molecule has 0 unspecified atom stereocenters. The minimum Gasteiger partial charge on any atom is -0.497 e. The number of amides is 1. The van der Waals surface area contributed by atoms with Gasteiger partial charge in [0.05, 0.1) is 28.8 Å². The summed E-state index contributed by atoms with van der Waals surface area (Å²) >= 11 is 5.88. The molecule has 0 bridgehead atoms. The zero-order chi connectivity index (χ0) is 16.8. The highest BCUT2D eigenvalue weighted by atomic mass is 35.5. The van der Waals surface area contributed by atoms with E-state index in [0.717, 1.165) is 11.6 Å². The van der Waals surface area contributed by atoms with Gasteiger partial charge in [-0.2, -0.15) is 5.10 Å². The number of hydrogen-bond donors (Lipinski definition) is 1. The molecule has 0 aliphatic carbocycles. The second-order valence-corrected chi connectivity index (χ2v) is 4.80. The van der Waals surface area contributed by atoms with Crippen molar-refractivity contribution >= 4 is 29.4 Å². The van der Waals surface area contributed by atoms with Crippen molar-refractivity contribution in [2.24, 2.45) is 5.10 Å². The van der Waals surface area contributed by atoms with Crippen LogP contribution in [-0.4, -0.2) is 24.2 Å². The molecule has 0 atom stereocenters. The van der Waals surface area contributed by atoms with E-state index in [-0.39, 0.29) is 16.3 Å². The third-order valence-corrected chi connectivity index (χ3v) is 3.23. The summed E-state index contributed by atoms with van der Waals surface area (Å²) in [5, 5.41) is 14.6. The molecule has 0 fully saturated rings. The summed E-state index contributed by atoms with van der Waals surface area (Å²) in [5.41, 5.74) is 2.78. The van der Waals surface area contributed by atoms with Crippen molar-refractivity contribution in [1.82, 2.24) is 5.43 Å². The van der Waals surface area contributed by atoms with Crippen molar-refractivity contribution in [3.8, 4) is 5.75 Å². The summed E-state index contributed by atoms with van der Waals surface area (Å²) < 4.78 is 5.03. The molecular formula is C15H12ClN3O4. The average Bonchev–Trinajstić information content (AvgIpc) is 2.55. The number of nitrogens with one attached hydrogen (secondary N) is 1. The number of benzene rings is 2. The lowest BCUT2D eigenvalue weighted by Crippen LogP contribution is -2.18. The quantitative estimate of drug-likeness (QED) is 0.517. The summed E-state index contributed by atoms with van der Waals surface area (Å²) in [5.74, 6) is 0.0676. The number of nitrogens with zero attached hydrogens (tertiary/aromatic N) is 2. The van der Waals surface area contributed by atoms with Gasteiger partial charge in [-0.15, -0.1) is 0 Å². The molecular weight excluding hydrogens is 322 g/mol. The monoisotopic (exact) mass is 333 g/mol. The molecule has 8 heteroatoms. The first kappa shape index (κ1) is 16.4. The highest BCUT2D eigenvalue weighted by Gasteiger charge is 2.15. The second-order valence-electron chi connectivity index (χ2n) is 4.39. The summed E-state index contributed by atoms with van der Waals surface area (Å²) in [4.78, 5) is 22.1. The number of methoxy groups -OCH3 is 1. The number of halogens is 1. The van der Waals surface area contributed by atoms with Gasteiger partial charge in [0.25, 0.3) is 11.6 Å². The predicted octanol–water partition coefficient (Wildman–Crippen LogP) is 3.02. The van der Waals surface area contributed by atoms with Crippen LogP contribution in [0, 0.1) is 10.1 Å². The summed E-state index contributed by atoms with van der Waals surface area (Å²) in [6, 6.07) is 10.6. The van der Waals surface area contributed by atoms with Crippen LogP contribution in [0.15, 0.2) is 47.6 Å². The Morgan fingerprint density at radius 2 is 2.00 bits per heavy atom. The van der Waals surface area contributed by atoms with E-state index in [4.69, 9.17) is 16.3 Å². The van der Waals surface area contributed by atoms with E-state index in [9.17, 15) is 14.9 Å². The normalized spacial score (nSPS) is 10.5. The first-order valence-electron chi connectivity index (χ1n) is 6.42. The molecule has 0 heterocycles. The Labute approximate surface area is 136 Å². The highest BCUT2D eigenvalue weighted by Crippen LogP contribution is 2.21. The SMILES string of the molecule is COc1ccc(/C=N/NC(=O)c2cc([N+](=O)[O-])ccc2Cl)cc1. The molecule has 1 amide bonds. The van der Waals surface area contributed by atoms with Crippen molar-refractivity contribution in [2.75, 3.05) is 7.11 Å². The van der Waals surface area contributed by atoms with Gasteiger partial charge in [-0.3, -0.25) is 14.9 Å². The van der Waals surface area contributed by atoms with Gasteiger partial charge in [0.15, 0.2) is 0 Å². The van der Waals surface area contributed by atoms with Gasteiger partial charge in [0.1, 0.15) is 5.75 Å². The smallest absolute Gasteiger partial charge is 0.273 e. The average molecular weight is 334 g/mol. The van der Waals surface area contributed by atoms with Crippen molar-refractivity contribution in [1.29, 1.82) is 0 Å². The predicted molar refractivity (Wildman–Crippen MR) is 86.2 cm³/mol. The Morgan fingerprint density at radius 1 is 1.30 bits per heavy atom. The van der Waals surface area contributed by atoms with Gasteiger partial charge in [-0.25, -0.2) is 5.43 Å². The molecule has 0 aliphatic rings. The van der Waals surface area contributed by atoms with Crippen LogP contribution in [0.3, 0.4) is 0 Å². The van der Waals surface area contributed by atoms with Gasteiger partial charge in [0.2, 0.25) is 0 Å². The summed E-state index contributed by atoms with van der Waals surface area (Å²) in [6.07, 6.45) is 1.43. The lowest BCUT2D eigenvalue weighted by atomic mass is 10.2. The molecule has 118 valence electrons. The van der Waals surface area contributed by atoms with Crippen LogP contribution >= 0.6 is 11.6 Å². The van der Waals surface area contributed by atoms with Crippen molar-refractivity contribution < 1.29 is 14.5 Å². The molecule has 1 N–H and O–H groups in total. The van der Waals surface area contributed by atoms with Crippen LogP contribution in [0.4, 0.5) is 5.69 Å². The third kappa shape index (κ3) is 4.27. The lowest BCUT2D eigenvalue weighted by Gasteiger charge is -2.03. The van der Waals surface area contributed by atoms with Crippen LogP contribution in [0.25, 0.3) is 0 Å². The third-order valence-electron chi connectivity index (χ3n) is 2.90. The van der Waals surface area contributed by atoms with Gasteiger partial charge in [-0.05, 0) is 35.9 Å². The van der Waals surface area contributed by atoms with E-state index in [1.165, 1.54) is 18.3 Å². The Bertz CT molecular complexity index is 760. The lowest BCUT2D eigenvalue weighted by molar-refractivity contribution is -0.384. The number of non-ortho nitro benzene ring substituents is 1. The zero-order valence-electron chi connectivity index (χ0n) is 12.0. The number of hydrogen-bond acceptors (Lipinski definition) is 5. The van der Waals surface area contributed by atoms with Gasteiger partial charge >= 0.3 is 0 Å². The van der Waals surface area contributed by atoms with E-state index in [0.29, 0.717) is 5.75 Å². The molecule has 2 aromatic carbocycles. The van der Waals surface area contributed by atoms with E-state index >= 15 is 0 Å². The Balaban J connectivity index is 2.08. The molecule has 0 radical (unpaired) electrons. The number of nitro benzene ring substituents is 1. The Hall–Kier alpha value is -2.93. The minimum atomic E-state index is -0.636. The van der Waals surface area contributed by atoms with E-state index in [1.54, 1.807) is 31.4 Å². The summed E-state index contributed by atoms with van der Waals surface area (Å²) in [6.45, 7) is 0. The van der Waals surface area contributed by atoms with Crippen LogP contribution in [-0.2, 0) is 0 Å². The van der Waals surface area contributed by atoms with Gasteiger partial charge in [0, 0.05) is 12.1 Å². The fourth-order valence-electron chi connectivity index (χ4n) is 1.72. The van der Waals surface area contributed by atoms with E-state index in [2.05, 4.69) is 10.5 Å². The molecule has 0 saturated heterocycles. The fraction of sp³-hybridized carbons (Fsp3) is 0.0667. The topological polar surface area (TPSA) is 93.8 Å². The van der Waals surface area contributed by atoms with Crippen LogP contribution in [0.1, 0.15) is 15.9 Å². The fourth-order valence-corrected chi connectivity index (χ4v) is 1.92. The largest absolute Gasteiger partial charge is 0.497 e. The maximum Gasteiger partial charge on any atom is 0.273 e. The number of carbonyl (C=O) groups excluding carboxylic acids is 1. The first-order valence-corrected chi connectivity index (χ1v) is 6.80. The molecule has 0 saturated carbocycles. The maximum absolute atomic E-state index is 12.0. The highest BCUT2D eigenvalue weighted by molar-refractivity contribution is 6.33. The van der Waals surface area contributed by atoms with Crippen LogP contribution in [0.2, 0.25) is 5.02 Å². The molecule has 7 nitrogen and oxygen atoms in total. The molecule has 0 aromatic heterocycles. The van der Waals surface area contributed by atoms with Crippen molar-refractivity contribution in [2.45, 2.75) is 0 Å². The van der Waals surface area contributed by atoms with Gasteiger partial charge < -0.3 is 4.74 Å². The van der Waals surface area contributed by atoms with E-state index < -0.39 is 10.8 Å². The Kier molecular flexibility index (Phi) is 5.27. The molecule has 2 rings (SSSR count). The number of nitro groups is 1. The second kappa shape index (κ2) is 7.37. The maximum atomic E-state index is 12.0.